The molecule has 0 radical (unpaired) electrons. The van der Waals surface area contributed by atoms with Crippen molar-refractivity contribution in [2.24, 2.45) is 0 Å². The summed E-state index contributed by atoms with van der Waals surface area (Å²) in [6.45, 7) is 5.89. The van der Waals surface area contributed by atoms with Gasteiger partial charge in [-0.3, -0.25) is 4.79 Å². The number of hydrogen-bond acceptors (Lipinski definition) is 7. The predicted molar refractivity (Wildman–Crippen MR) is 89.3 cm³/mol. The van der Waals surface area contributed by atoms with Gasteiger partial charge in [-0.1, -0.05) is 25.9 Å². The molecule has 3 aromatic rings. The maximum Gasteiger partial charge on any atom is 0.310 e. The summed E-state index contributed by atoms with van der Waals surface area (Å²) in [5.74, 6) is 1.16. The van der Waals surface area contributed by atoms with Crippen molar-refractivity contribution in [2.45, 2.75) is 39.2 Å². The number of carbonyl (C=O) groups is 1. The van der Waals surface area contributed by atoms with Crippen LogP contribution in [0, 0.1) is 0 Å². The zero-order valence-electron chi connectivity index (χ0n) is 14.7. The van der Waals surface area contributed by atoms with E-state index < -0.39 is 5.97 Å². The van der Waals surface area contributed by atoms with Gasteiger partial charge in [0.25, 0.3) is 5.89 Å². The van der Waals surface area contributed by atoms with Crippen LogP contribution in [0.2, 0.25) is 0 Å². The molecule has 3 rings (SSSR count). The highest BCUT2D eigenvalue weighted by Crippen LogP contribution is 2.26. The first-order valence-corrected chi connectivity index (χ1v) is 7.89. The Labute approximate surface area is 144 Å². The highest BCUT2D eigenvalue weighted by atomic mass is 16.6. The molecule has 0 aliphatic carbocycles. The molecule has 2 aromatic heterocycles. The first-order chi connectivity index (χ1) is 11.9. The van der Waals surface area contributed by atoms with Crippen LogP contribution in [0.5, 0.6) is 5.75 Å². The van der Waals surface area contributed by atoms with E-state index >= 15 is 0 Å². The van der Waals surface area contributed by atoms with Gasteiger partial charge in [0.05, 0.1) is 19.8 Å². The quantitative estimate of drug-likeness (QED) is 0.655. The largest absolute Gasteiger partial charge is 0.497 e. The summed E-state index contributed by atoms with van der Waals surface area (Å²) in [4.78, 5) is 16.3. The average Bonchev–Trinajstić information content (AvgIpc) is 3.19. The van der Waals surface area contributed by atoms with Crippen LogP contribution in [0.4, 0.5) is 0 Å². The average molecular weight is 344 g/mol. The lowest BCUT2D eigenvalue weighted by Gasteiger charge is -2.10. The van der Waals surface area contributed by atoms with Crippen molar-refractivity contribution in [3.8, 4) is 5.75 Å². The van der Waals surface area contributed by atoms with Crippen LogP contribution in [-0.2, 0) is 28.0 Å². The van der Waals surface area contributed by atoms with Crippen molar-refractivity contribution in [1.29, 1.82) is 0 Å². The molecular formula is C18H20N2O5. The van der Waals surface area contributed by atoms with Crippen molar-refractivity contribution in [2.75, 3.05) is 7.11 Å². The fourth-order valence-corrected chi connectivity index (χ4v) is 2.29. The van der Waals surface area contributed by atoms with E-state index in [1.165, 1.54) is 0 Å². The summed E-state index contributed by atoms with van der Waals surface area (Å²) in [5.41, 5.74) is 1.19. The van der Waals surface area contributed by atoms with E-state index in [-0.39, 0.29) is 24.3 Å². The van der Waals surface area contributed by atoms with Crippen LogP contribution in [0.3, 0.4) is 0 Å². The van der Waals surface area contributed by atoms with E-state index in [9.17, 15) is 4.79 Å². The number of aromatic nitrogens is 2. The molecule has 7 nitrogen and oxygen atoms in total. The maximum absolute atomic E-state index is 12.1. The van der Waals surface area contributed by atoms with Crippen LogP contribution < -0.4 is 4.74 Å². The minimum atomic E-state index is -0.394. The monoisotopic (exact) mass is 344 g/mol. The number of fused-ring (bicyclic) bond motifs is 1. The topological polar surface area (TPSA) is 87.6 Å². The minimum Gasteiger partial charge on any atom is -0.497 e. The second-order valence-electron chi connectivity index (χ2n) is 6.72. The molecule has 2 heterocycles. The Morgan fingerprint density at radius 3 is 2.76 bits per heavy atom. The molecule has 0 saturated heterocycles. The summed E-state index contributed by atoms with van der Waals surface area (Å²) in [7, 11) is 1.59. The standard InChI is InChI=1S/C18H20N2O5/c1-18(2,3)17-19-15(25-20-17)10-24-16(21)7-11-9-23-14-8-12(22-4)5-6-13(11)14/h5-6,8-9H,7,10H2,1-4H3. The third-order valence-corrected chi connectivity index (χ3v) is 3.69. The fraction of sp³-hybridized carbons (Fsp3) is 0.389. The van der Waals surface area contributed by atoms with Crippen LogP contribution >= 0.6 is 0 Å². The Bertz CT molecular complexity index is 888. The van der Waals surface area contributed by atoms with Crippen LogP contribution in [-0.4, -0.2) is 23.2 Å². The molecule has 1 aromatic carbocycles. The third-order valence-electron chi connectivity index (χ3n) is 3.69. The lowest BCUT2D eigenvalue weighted by atomic mass is 9.96. The maximum atomic E-state index is 12.1. The summed E-state index contributed by atoms with van der Waals surface area (Å²) >= 11 is 0. The van der Waals surface area contributed by atoms with Gasteiger partial charge in [0.1, 0.15) is 11.3 Å². The molecular weight excluding hydrogens is 324 g/mol. The first kappa shape index (κ1) is 17.0. The van der Waals surface area contributed by atoms with E-state index in [0.717, 1.165) is 10.9 Å². The summed E-state index contributed by atoms with van der Waals surface area (Å²) in [6.07, 6.45) is 1.65. The van der Waals surface area contributed by atoms with Gasteiger partial charge in [-0.05, 0) is 12.1 Å². The number of rotatable bonds is 5. The first-order valence-electron chi connectivity index (χ1n) is 7.89. The van der Waals surface area contributed by atoms with Gasteiger partial charge < -0.3 is 18.4 Å². The molecule has 0 atom stereocenters. The van der Waals surface area contributed by atoms with Crippen molar-refractivity contribution in [3.05, 3.63) is 41.7 Å². The van der Waals surface area contributed by atoms with Gasteiger partial charge in [-0.15, -0.1) is 0 Å². The lowest BCUT2D eigenvalue weighted by molar-refractivity contribution is -0.144. The highest BCUT2D eigenvalue weighted by molar-refractivity contribution is 5.86. The second kappa shape index (κ2) is 6.58. The zero-order chi connectivity index (χ0) is 18.0. The fourth-order valence-electron chi connectivity index (χ4n) is 2.29. The Kier molecular flexibility index (Phi) is 4.48. The lowest BCUT2D eigenvalue weighted by Crippen LogP contribution is -2.13. The van der Waals surface area contributed by atoms with Crippen molar-refractivity contribution >= 4 is 16.9 Å². The van der Waals surface area contributed by atoms with E-state index in [0.29, 0.717) is 17.2 Å². The Balaban J connectivity index is 1.62. The second-order valence-corrected chi connectivity index (χ2v) is 6.72. The van der Waals surface area contributed by atoms with E-state index in [1.54, 1.807) is 19.4 Å². The SMILES string of the molecule is COc1ccc2c(CC(=O)OCc3nc(C(C)(C)C)no3)coc2c1. The number of ether oxygens (including phenoxy) is 2. The van der Waals surface area contributed by atoms with E-state index in [1.807, 2.05) is 32.9 Å². The number of methoxy groups -OCH3 is 1. The number of hydrogen-bond donors (Lipinski definition) is 0. The summed E-state index contributed by atoms with van der Waals surface area (Å²) in [6, 6.07) is 5.45. The molecule has 0 spiro atoms. The van der Waals surface area contributed by atoms with Gasteiger partial charge in [0.2, 0.25) is 0 Å². The molecule has 7 heteroatoms. The Morgan fingerprint density at radius 1 is 1.28 bits per heavy atom. The highest BCUT2D eigenvalue weighted by Gasteiger charge is 2.21. The third kappa shape index (κ3) is 3.81. The number of benzene rings is 1. The summed E-state index contributed by atoms with van der Waals surface area (Å²) in [5, 5.41) is 4.75. The molecule has 0 N–H and O–H groups in total. The van der Waals surface area contributed by atoms with Crippen LogP contribution in [0.15, 0.2) is 33.4 Å². The van der Waals surface area contributed by atoms with Crippen LogP contribution in [0.1, 0.15) is 38.0 Å². The minimum absolute atomic E-state index is 0.0501. The predicted octanol–water partition coefficient (Wildman–Crippen LogP) is 3.41. The number of nitrogens with zero attached hydrogens (tertiary/aromatic N) is 2. The zero-order valence-corrected chi connectivity index (χ0v) is 14.7. The number of furan rings is 1. The normalized spacial score (nSPS) is 11.7. The van der Waals surface area contributed by atoms with Gasteiger partial charge in [0, 0.05) is 22.4 Å². The van der Waals surface area contributed by atoms with Gasteiger partial charge in [-0.25, -0.2) is 0 Å². The van der Waals surface area contributed by atoms with Crippen molar-refractivity contribution in [3.63, 3.8) is 0 Å². The van der Waals surface area contributed by atoms with Crippen molar-refractivity contribution < 1.29 is 23.2 Å². The molecule has 0 bridgehead atoms. The smallest absolute Gasteiger partial charge is 0.310 e. The van der Waals surface area contributed by atoms with Crippen LogP contribution in [0.25, 0.3) is 11.0 Å². The molecule has 0 fully saturated rings. The van der Waals surface area contributed by atoms with E-state index in [2.05, 4.69) is 10.1 Å². The molecule has 0 saturated carbocycles. The molecule has 0 aliphatic heterocycles. The Hall–Kier alpha value is -2.83. The summed E-state index contributed by atoms with van der Waals surface area (Å²) < 4.78 is 20.9. The van der Waals surface area contributed by atoms with Crippen molar-refractivity contribution in [1.82, 2.24) is 10.1 Å². The number of esters is 1. The van der Waals surface area contributed by atoms with Gasteiger partial charge >= 0.3 is 5.97 Å². The van der Waals surface area contributed by atoms with Gasteiger partial charge in [-0.2, -0.15) is 4.98 Å². The molecule has 132 valence electrons. The van der Waals surface area contributed by atoms with E-state index in [4.69, 9.17) is 18.4 Å². The molecule has 25 heavy (non-hydrogen) atoms. The molecule has 0 amide bonds. The molecule has 0 unspecified atom stereocenters. The molecule has 0 aliphatic rings. The number of carbonyl (C=O) groups excluding carboxylic acids is 1. The van der Waals surface area contributed by atoms with Gasteiger partial charge in [0.15, 0.2) is 12.4 Å². The Morgan fingerprint density at radius 2 is 2.08 bits per heavy atom.